The Bertz CT molecular complexity index is 310. The zero-order valence-corrected chi connectivity index (χ0v) is 12.0. The standard InChI is InChI=1S/C12H15Br.C3H6O/c13-12-9-5-4-8-11(12)10-6-2-1-3-7-10;1-2-3-4/h1-3,6-7,11-12H,4-5,8-9H2;3H,2H2,1H3. The van der Waals surface area contributed by atoms with Crippen LogP contribution in [0.4, 0.5) is 0 Å². The number of carbonyl (C=O) groups is 1. The van der Waals surface area contributed by atoms with Crippen molar-refractivity contribution >= 4 is 22.2 Å². The highest BCUT2D eigenvalue weighted by molar-refractivity contribution is 9.09. The van der Waals surface area contributed by atoms with Gasteiger partial charge in [0, 0.05) is 11.2 Å². The predicted octanol–water partition coefficient (Wildman–Crippen LogP) is 4.70. The quantitative estimate of drug-likeness (QED) is 0.571. The van der Waals surface area contributed by atoms with E-state index in [1.165, 1.54) is 31.2 Å². The summed E-state index contributed by atoms with van der Waals surface area (Å²) in [7, 11) is 0. The highest BCUT2D eigenvalue weighted by Crippen LogP contribution is 2.37. The summed E-state index contributed by atoms with van der Waals surface area (Å²) >= 11 is 3.79. The minimum absolute atomic E-state index is 0.639. The molecule has 0 N–H and O–H groups in total. The predicted molar refractivity (Wildman–Crippen MR) is 76.7 cm³/mol. The summed E-state index contributed by atoms with van der Waals surface area (Å²) in [6.07, 6.45) is 6.97. The van der Waals surface area contributed by atoms with Crippen molar-refractivity contribution in [2.75, 3.05) is 0 Å². The molecule has 0 aromatic heterocycles. The van der Waals surface area contributed by atoms with Crippen molar-refractivity contribution in [2.24, 2.45) is 0 Å². The monoisotopic (exact) mass is 296 g/mol. The van der Waals surface area contributed by atoms with E-state index in [1.54, 1.807) is 0 Å². The van der Waals surface area contributed by atoms with Gasteiger partial charge in [0.2, 0.25) is 0 Å². The molecule has 0 amide bonds. The van der Waals surface area contributed by atoms with E-state index in [1.807, 2.05) is 6.92 Å². The molecular weight excluding hydrogens is 276 g/mol. The Hall–Kier alpha value is -0.630. The van der Waals surface area contributed by atoms with Crippen LogP contribution in [0.1, 0.15) is 50.5 Å². The van der Waals surface area contributed by atoms with Crippen LogP contribution in [0, 0.1) is 0 Å². The Balaban J connectivity index is 0.000000317. The molecule has 1 aliphatic carbocycles. The lowest BCUT2D eigenvalue weighted by Crippen LogP contribution is -2.16. The molecule has 94 valence electrons. The maximum absolute atomic E-state index is 9.17. The zero-order valence-electron chi connectivity index (χ0n) is 10.4. The van der Waals surface area contributed by atoms with Gasteiger partial charge >= 0.3 is 0 Å². The highest BCUT2D eigenvalue weighted by Gasteiger charge is 2.23. The Morgan fingerprint density at radius 1 is 1.24 bits per heavy atom. The van der Waals surface area contributed by atoms with E-state index in [4.69, 9.17) is 0 Å². The second kappa shape index (κ2) is 8.46. The molecule has 1 fully saturated rings. The number of rotatable bonds is 2. The van der Waals surface area contributed by atoms with Crippen LogP contribution in [-0.2, 0) is 4.79 Å². The molecular formula is C15H21BrO. The third-order valence-corrected chi connectivity index (χ3v) is 4.17. The van der Waals surface area contributed by atoms with Crippen LogP contribution in [0.3, 0.4) is 0 Å². The fraction of sp³-hybridized carbons (Fsp3) is 0.533. The van der Waals surface area contributed by atoms with Crippen molar-refractivity contribution in [3.05, 3.63) is 35.9 Å². The number of hydrogen-bond acceptors (Lipinski definition) is 1. The second-order valence-corrected chi connectivity index (χ2v) is 5.57. The SMILES string of the molecule is BrC1CCCCC1c1ccccc1.CCC=O. The van der Waals surface area contributed by atoms with Gasteiger partial charge in [0.15, 0.2) is 0 Å². The normalized spacial score (nSPS) is 23.4. The van der Waals surface area contributed by atoms with Crippen molar-refractivity contribution in [3.63, 3.8) is 0 Å². The van der Waals surface area contributed by atoms with Crippen molar-refractivity contribution in [1.82, 2.24) is 0 Å². The summed E-state index contributed by atoms with van der Waals surface area (Å²) in [6.45, 7) is 1.81. The lowest BCUT2D eigenvalue weighted by atomic mass is 9.84. The summed E-state index contributed by atoms with van der Waals surface area (Å²) < 4.78 is 0. The number of carbonyl (C=O) groups excluding carboxylic acids is 1. The van der Waals surface area contributed by atoms with Gasteiger partial charge in [-0.15, -0.1) is 0 Å². The molecule has 0 heterocycles. The first-order chi connectivity index (χ1) is 8.29. The first-order valence-corrected chi connectivity index (χ1v) is 7.33. The molecule has 2 atom stereocenters. The molecule has 0 saturated heterocycles. The lowest BCUT2D eigenvalue weighted by molar-refractivity contribution is -0.107. The van der Waals surface area contributed by atoms with Gasteiger partial charge in [0.1, 0.15) is 6.29 Å². The topological polar surface area (TPSA) is 17.1 Å². The summed E-state index contributed by atoms with van der Waals surface area (Å²) in [5.74, 6) is 0.745. The third-order valence-electron chi connectivity index (χ3n) is 3.08. The van der Waals surface area contributed by atoms with Gasteiger partial charge in [-0.25, -0.2) is 0 Å². The van der Waals surface area contributed by atoms with E-state index in [0.717, 1.165) is 12.2 Å². The molecule has 0 radical (unpaired) electrons. The molecule has 17 heavy (non-hydrogen) atoms. The smallest absolute Gasteiger partial charge is 0.119 e. The number of halogens is 1. The number of hydrogen-bond donors (Lipinski definition) is 0. The molecule has 1 nitrogen and oxygen atoms in total. The lowest BCUT2D eigenvalue weighted by Gasteiger charge is -2.27. The summed E-state index contributed by atoms with van der Waals surface area (Å²) in [6, 6.07) is 10.9. The number of alkyl halides is 1. The Morgan fingerprint density at radius 3 is 2.35 bits per heavy atom. The second-order valence-electron chi connectivity index (χ2n) is 4.39. The fourth-order valence-electron chi connectivity index (χ4n) is 2.16. The van der Waals surface area contributed by atoms with E-state index in [0.29, 0.717) is 11.2 Å². The van der Waals surface area contributed by atoms with E-state index >= 15 is 0 Å². The van der Waals surface area contributed by atoms with Gasteiger partial charge in [0.05, 0.1) is 0 Å². The van der Waals surface area contributed by atoms with E-state index in [9.17, 15) is 4.79 Å². The molecule has 1 aromatic carbocycles. The summed E-state index contributed by atoms with van der Waals surface area (Å²) in [5, 5.41) is 0. The number of aldehydes is 1. The average molecular weight is 297 g/mol. The highest BCUT2D eigenvalue weighted by atomic mass is 79.9. The Labute approximate surface area is 113 Å². The van der Waals surface area contributed by atoms with Crippen molar-refractivity contribution in [3.8, 4) is 0 Å². The summed E-state index contributed by atoms with van der Waals surface area (Å²) in [5.41, 5.74) is 1.50. The van der Waals surface area contributed by atoms with E-state index in [-0.39, 0.29) is 0 Å². The molecule has 2 heteroatoms. The average Bonchev–Trinajstić information content (AvgIpc) is 2.41. The van der Waals surface area contributed by atoms with Crippen LogP contribution in [0.25, 0.3) is 0 Å². The van der Waals surface area contributed by atoms with Crippen LogP contribution in [0.15, 0.2) is 30.3 Å². The third kappa shape index (κ3) is 5.03. The molecule has 0 bridgehead atoms. The first kappa shape index (κ1) is 14.4. The van der Waals surface area contributed by atoms with Gasteiger partial charge < -0.3 is 4.79 Å². The molecule has 0 spiro atoms. The first-order valence-electron chi connectivity index (χ1n) is 6.42. The van der Waals surface area contributed by atoms with Crippen molar-refractivity contribution in [1.29, 1.82) is 0 Å². The minimum Gasteiger partial charge on any atom is -0.303 e. The minimum atomic E-state index is 0.639. The number of benzene rings is 1. The Morgan fingerprint density at radius 2 is 1.82 bits per heavy atom. The van der Waals surface area contributed by atoms with E-state index < -0.39 is 0 Å². The molecule has 2 unspecified atom stereocenters. The molecule has 1 saturated carbocycles. The molecule has 0 aliphatic heterocycles. The van der Waals surface area contributed by atoms with Crippen LogP contribution in [0.5, 0.6) is 0 Å². The van der Waals surface area contributed by atoms with Crippen LogP contribution >= 0.6 is 15.9 Å². The van der Waals surface area contributed by atoms with Gasteiger partial charge in [-0.3, -0.25) is 0 Å². The van der Waals surface area contributed by atoms with Crippen molar-refractivity contribution in [2.45, 2.75) is 49.8 Å². The van der Waals surface area contributed by atoms with E-state index in [2.05, 4.69) is 46.3 Å². The maximum Gasteiger partial charge on any atom is 0.119 e. The molecule has 2 rings (SSSR count). The van der Waals surface area contributed by atoms with Crippen LogP contribution < -0.4 is 0 Å². The summed E-state index contributed by atoms with van der Waals surface area (Å²) in [4.78, 5) is 9.87. The maximum atomic E-state index is 9.17. The van der Waals surface area contributed by atoms with Gasteiger partial charge in [-0.1, -0.05) is 66.0 Å². The zero-order chi connectivity index (χ0) is 12.5. The fourth-order valence-corrected chi connectivity index (χ4v) is 3.05. The Kier molecular flexibility index (Phi) is 7.18. The van der Waals surface area contributed by atoms with Crippen LogP contribution in [0.2, 0.25) is 0 Å². The van der Waals surface area contributed by atoms with Crippen LogP contribution in [-0.4, -0.2) is 11.1 Å². The van der Waals surface area contributed by atoms with Gasteiger partial charge in [0.25, 0.3) is 0 Å². The van der Waals surface area contributed by atoms with Crippen molar-refractivity contribution < 1.29 is 4.79 Å². The largest absolute Gasteiger partial charge is 0.303 e. The van der Waals surface area contributed by atoms with Gasteiger partial charge in [-0.2, -0.15) is 0 Å². The molecule has 1 aliphatic rings. The van der Waals surface area contributed by atoms with Gasteiger partial charge in [-0.05, 0) is 24.3 Å². The molecule has 1 aromatic rings.